The van der Waals surface area contributed by atoms with Gasteiger partial charge in [0.25, 0.3) is 17.6 Å². The summed E-state index contributed by atoms with van der Waals surface area (Å²) in [6, 6.07) is -8.69. The molecule has 0 fully saturated rings. The number of phenolic OH excluding ortho intramolecular Hbond substituents is 1. The van der Waals surface area contributed by atoms with Crippen LogP contribution >= 0.6 is 0 Å². The molecular weight excluding hydrogens is 1550 g/mol. The quantitative estimate of drug-likeness (QED) is 0.00915. The van der Waals surface area contributed by atoms with Crippen molar-refractivity contribution >= 4 is 92.9 Å². The number of methoxy groups -OCH3 is 2. The van der Waals surface area contributed by atoms with E-state index in [1.165, 1.54) is 67.1 Å². The third-order valence-corrected chi connectivity index (χ3v) is 22.6. The number of rotatable bonds is 38. The van der Waals surface area contributed by atoms with Crippen LogP contribution in [0.1, 0.15) is 126 Å². The first-order chi connectivity index (χ1) is 55.0. The summed E-state index contributed by atoms with van der Waals surface area (Å²) in [6.45, 7) is 21.4. The molecule has 2 aromatic rings. The highest BCUT2D eigenvalue weighted by molar-refractivity contribution is 6.23. The number of phenols is 1. The number of Topliss-reactive ketones (excluding diaryl/α,β-unsaturated/α-hetero) is 2. The van der Waals surface area contributed by atoms with Crippen LogP contribution in [-0.4, -0.2) is 282 Å². The fourth-order valence-corrected chi connectivity index (χ4v) is 15.1. The minimum absolute atomic E-state index is 0.00733. The molecule has 0 aromatic heterocycles. The monoisotopic (exact) mass is 1670 g/mol. The molecule has 0 aliphatic carbocycles. The molecule has 3 aliphatic rings. The number of allylic oxidation sites excluding steroid dienone is 2. The van der Waals surface area contributed by atoms with E-state index in [2.05, 4.69) is 42.5 Å². The van der Waals surface area contributed by atoms with Gasteiger partial charge < -0.3 is 123 Å². The van der Waals surface area contributed by atoms with Gasteiger partial charge in [0.2, 0.25) is 35.4 Å². The smallest absolute Gasteiger partial charge is 0.330 e. The number of ether oxygens (including phenoxy) is 6. The van der Waals surface area contributed by atoms with Crippen LogP contribution in [-0.2, 0) is 71.7 Å². The molecule has 2 aromatic carbocycles. The number of quaternary nitrogens is 1. The number of carboxylic acids is 1. The van der Waals surface area contributed by atoms with Gasteiger partial charge in [0, 0.05) is 107 Å². The Morgan fingerprint density at radius 2 is 1.40 bits per heavy atom. The van der Waals surface area contributed by atoms with E-state index in [4.69, 9.17) is 34.2 Å². The number of primary amides is 1. The number of ketones is 2. The SMILES string of the molecule is COC1C=COC2(C)Oc3c(C)c4c5c(O)c(cc(OCC(=O)NCCNC(C)C(=O)NCC(NC(=O)C(NC(O)C(O)CNC(=O)C(C)C(C)O)C(=O)O)C(=O)NC(CO)C(O)CC(C(=O)NC(C(=O)C(C)C(C)C)C(O)C(OC)C(N)=O)C(C)C)c5c3C2=O)NC(=O)C(C)=CC=CC(C)C(C(C)C(O)C(C)C(OC(C)=O)C1C)[N+]4(C)C. The van der Waals surface area contributed by atoms with Gasteiger partial charge >= 0.3 is 17.7 Å². The van der Waals surface area contributed by atoms with Crippen molar-refractivity contribution in [2.45, 2.75) is 214 Å². The van der Waals surface area contributed by atoms with Crippen molar-refractivity contribution in [3.8, 4) is 17.2 Å². The second-order valence-corrected chi connectivity index (χ2v) is 32.2. The fourth-order valence-electron chi connectivity index (χ4n) is 15.1. The second-order valence-electron chi connectivity index (χ2n) is 32.2. The highest BCUT2D eigenvalue weighted by Crippen LogP contribution is 2.57. The Balaban J connectivity index is 1.46. The molecule has 6 bridgehead atoms. The Morgan fingerprint density at radius 1 is 0.763 bits per heavy atom. The van der Waals surface area contributed by atoms with Crippen molar-refractivity contribution in [2.24, 2.45) is 59.0 Å². The van der Waals surface area contributed by atoms with Crippen LogP contribution < -0.4 is 67.5 Å². The lowest BCUT2D eigenvalue weighted by Gasteiger charge is -2.47. The van der Waals surface area contributed by atoms with Gasteiger partial charge in [-0.25, -0.2) is 4.79 Å². The first-order valence-corrected chi connectivity index (χ1v) is 39.3. The third-order valence-electron chi connectivity index (χ3n) is 22.6. The molecule has 38 heteroatoms. The molecule has 38 nitrogen and oxygen atoms in total. The van der Waals surface area contributed by atoms with Gasteiger partial charge in [0.15, 0.2) is 36.0 Å². The van der Waals surface area contributed by atoms with Gasteiger partial charge in [-0.2, -0.15) is 0 Å². The number of nitrogens with zero attached hydrogens (tertiary/aromatic N) is 1. The van der Waals surface area contributed by atoms with E-state index in [0.717, 1.165) is 7.11 Å². The average molecular weight is 1670 g/mol. The number of carbonyl (C=O) groups excluding carboxylic acids is 11. The number of nitrogens with one attached hydrogen (secondary N) is 9. The van der Waals surface area contributed by atoms with E-state index in [-0.39, 0.29) is 62.6 Å². The summed E-state index contributed by atoms with van der Waals surface area (Å²) in [6.07, 6.45) is -6.71. The summed E-state index contributed by atoms with van der Waals surface area (Å²) >= 11 is 0. The maximum atomic E-state index is 15.3. The van der Waals surface area contributed by atoms with Crippen LogP contribution in [0, 0.1) is 60.2 Å². The lowest BCUT2D eigenvalue weighted by Crippen LogP contribution is -2.63. The molecule has 5 rings (SSSR count). The fraction of sp³-hybridized carbons (Fsp3) is 0.650. The number of aliphatic carboxylic acids is 1. The Bertz CT molecular complexity index is 4060. The number of hydrogen-bond donors (Lipinski definition) is 19. The maximum Gasteiger partial charge on any atom is 0.330 e. The van der Waals surface area contributed by atoms with Crippen molar-refractivity contribution in [3.63, 3.8) is 0 Å². The Hall–Kier alpha value is -9.32. The topological polar surface area (TPSA) is 577 Å². The van der Waals surface area contributed by atoms with Crippen LogP contribution in [0.25, 0.3) is 10.8 Å². The summed E-state index contributed by atoms with van der Waals surface area (Å²) in [7, 11) is 6.17. The number of aliphatic hydroxyl groups excluding tert-OH is 7. The van der Waals surface area contributed by atoms with Crippen LogP contribution in [0.15, 0.2) is 42.2 Å². The Labute approximate surface area is 686 Å². The summed E-state index contributed by atoms with van der Waals surface area (Å²) in [5, 5.41) is 123. The summed E-state index contributed by atoms with van der Waals surface area (Å²) in [5.74, 6) is -21.6. The zero-order valence-electron chi connectivity index (χ0n) is 70.7. The predicted molar refractivity (Wildman–Crippen MR) is 428 cm³/mol. The van der Waals surface area contributed by atoms with E-state index < -0.39 is 254 Å². The number of nitrogens with two attached hydrogens (primary N) is 1. The minimum Gasteiger partial charge on any atom is -0.505 e. The number of aliphatic hydroxyl groups is 7. The van der Waals surface area contributed by atoms with E-state index in [1.807, 2.05) is 39.3 Å². The molecule has 0 saturated heterocycles. The number of esters is 1. The average Bonchev–Trinajstić information content (AvgIpc) is 1.50. The first kappa shape index (κ1) is 99.2. The third kappa shape index (κ3) is 24.0. The van der Waals surface area contributed by atoms with Crippen molar-refractivity contribution in [1.29, 1.82) is 0 Å². The molecule has 8 amide bonds. The Kier molecular flexibility index (Phi) is 36.2. The van der Waals surface area contributed by atoms with Crippen molar-refractivity contribution < 1.29 is 132 Å². The molecule has 23 atom stereocenters. The van der Waals surface area contributed by atoms with Crippen LogP contribution in [0.4, 0.5) is 11.4 Å². The molecule has 23 unspecified atom stereocenters. The zero-order valence-corrected chi connectivity index (χ0v) is 70.7. The molecule has 118 heavy (non-hydrogen) atoms. The molecule has 3 aliphatic heterocycles. The second kappa shape index (κ2) is 43.1. The van der Waals surface area contributed by atoms with E-state index >= 15 is 4.79 Å². The number of fused-ring (bicyclic) bond motifs is 4. The molecule has 0 spiro atoms. The highest BCUT2D eigenvalue weighted by atomic mass is 16.7. The number of aromatic hydroxyl groups is 1. The minimum atomic E-state index is -2.50. The van der Waals surface area contributed by atoms with Gasteiger partial charge in [-0.15, -0.1) is 0 Å². The van der Waals surface area contributed by atoms with Crippen LogP contribution in [0.3, 0.4) is 0 Å². The van der Waals surface area contributed by atoms with Gasteiger partial charge in [0.05, 0.1) is 91.6 Å². The number of carbonyl (C=O) groups is 12. The van der Waals surface area contributed by atoms with Gasteiger partial charge in [-0.05, 0) is 52.0 Å². The van der Waals surface area contributed by atoms with E-state index in [1.54, 1.807) is 67.5 Å². The molecular formula is C80H124N11O27+. The number of amides is 8. The maximum absolute atomic E-state index is 15.3. The number of benzene rings is 2. The van der Waals surface area contributed by atoms with Crippen molar-refractivity contribution in [3.05, 3.63) is 53.3 Å². The number of carboxylic acid groups (broad SMARTS) is 1. The summed E-state index contributed by atoms with van der Waals surface area (Å²) in [4.78, 5) is 164. The van der Waals surface area contributed by atoms with Gasteiger partial charge in [-0.3, -0.25) is 62.5 Å². The number of anilines is 1. The zero-order chi connectivity index (χ0) is 89.4. The molecule has 20 N–H and O–H groups in total. The summed E-state index contributed by atoms with van der Waals surface area (Å²) in [5.41, 5.74) is 5.99. The molecule has 0 saturated carbocycles. The molecule has 3 heterocycles. The van der Waals surface area contributed by atoms with E-state index in [9.17, 15) is 98.7 Å². The highest BCUT2D eigenvalue weighted by Gasteiger charge is 2.54. The largest absolute Gasteiger partial charge is 0.505 e. The van der Waals surface area contributed by atoms with Gasteiger partial charge in [-0.1, -0.05) is 87.5 Å². The van der Waals surface area contributed by atoms with Crippen molar-refractivity contribution in [2.75, 3.05) is 73.0 Å². The van der Waals surface area contributed by atoms with Crippen molar-refractivity contribution in [1.82, 2.24) is 47.0 Å². The van der Waals surface area contributed by atoms with Crippen LogP contribution in [0.5, 0.6) is 17.2 Å². The van der Waals surface area contributed by atoms with E-state index in [0.29, 0.717) is 11.3 Å². The van der Waals surface area contributed by atoms with Crippen LogP contribution in [0.2, 0.25) is 0 Å². The Morgan fingerprint density at radius 3 is 1.97 bits per heavy atom. The van der Waals surface area contributed by atoms with Gasteiger partial charge in [0.1, 0.15) is 54.2 Å². The first-order valence-electron chi connectivity index (χ1n) is 39.3. The lowest BCUT2D eigenvalue weighted by molar-refractivity contribution is -0.160. The lowest BCUT2D eigenvalue weighted by atomic mass is 9.75. The molecule has 0 radical (unpaired) electrons. The normalized spacial score (nSPS) is 24.2. The summed E-state index contributed by atoms with van der Waals surface area (Å²) < 4.78 is 36.0. The predicted octanol–water partition coefficient (Wildman–Crippen LogP) is -1.43. The number of hydrogen-bond acceptors (Lipinski definition) is 28. The standard InChI is InChI=1S/C80H123N11O27/c1-34(2)38(7)64(99)59(66(101)69(114-20)71(81)103)89-75(107)47(35(3)4)28-51(95)50(32-92)88-76(108)49(87-78(110)60(79(111)112)90-77(109)52(96)31-85-73(105)39(8)45(14)93)30-84-74(106)44(13)82-25-26-83-55(97)33-115-54-29-48-65(100)57-56(54)58-68-42(11)62(57)91(17,18)61(36(5)22-21-23-37(6)72(104)86-48)41(10)63(98)43(12)67(117-46(15)94)40(9)53(113-19)24-27-116-80(16,118-68)70(58)102/h21-24,27,29,34-36,38-41,43-45,47,49-53,59-61,63,66-67,69,77,82,90,92-93,95-96,98,101,109H,25-26,28,30-33H2,1-20H3,(H10-,81,83,84,85,86,87,88,89,97,100,102,103,104,105,106,107,108,110,111,112)/p+1. The molecule has 660 valence electrons.